The number of nitrogens with one attached hydrogen (secondary N) is 1. The molecule has 1 saturated carbocycles. The summed E-state index contributed by atoms with van der Waals surface area (Å²) in [6.07, 6.45) is 7.60. The highest BCUT2D eigenvalue weighted by Crippen LogP contribution is 2.39. The van der Waals surface area contributed by atoms with Crippen molar-refractivity contribution in [2.45, 2.75) is 46.1 Å². The standard InChI is InChI=1S/C14H22N2/c1-11-7-13(9-14(2,3)8-11)16-12-5-4-6-15-10-12/h4-6,10-11,13,16H,7-9H2,1-3H3. The Labute approximate surface area is 98.5 Å². The largest absolute Gasteiger partial charge is 0.381 e. The number of pyridine rings is 1. The van der Waals surface area contributed by atoms with Crippen molar-refractivity contribution in [2.75, 3.05) is 5.32 Å². The minimum absolute atomic E-state index is 0.470. The van der Waals surface area contributed by atoms with Crippen molar-refractivity contribution >= 4 is 5.69 Å². The Morgan fingerprint density at radius 1 is 1.38 bits per heavy atom. The zero-order valence-electron chi connectivity index (χ0n) is 10.5. The Kier molecular flexibility index (Phi) is 3.17. The van der Waals surface area contributed by atoms with Crippen LogP contribution < -0.4 is 5.32 Å². The summed E-state index contributed by atoms with van der Waals surface area (Å²) in [5.74, 6) is 0.818. The van der Waals surface area contributed by atoms with Crippen LogP contribution >= 0.6 is 0 Å². The van der Waals surface area contributed by atoms with Crippen molar-refractivity contribution in [3.63, 3.8) is 0 Å². The molecule has 2 nitrogen and oxygen atoms in total. The van der Waals surface area contributed by atoms with Crippen molar-refractivity contribution in [2.24, 2.45) is 11.3 Å². The van der Waals surface area contributed by atoms with Gasteiger partial charge in [0.15, 0.2) is 0 Å². The van der Waals surface area contributed by atoms with Gasteiger partial charge in [-0.3, -0.25) is 4.98 Å². The highest BCUT2D eigenvalue weighted by atomic mass is 14.9. The molecule has 1 aliphatic carbocycles. The summed E-state index contributed by atoms with van der Waals surface area (Å²) in [7, 11) is 0. The molecule has 1 heterocycles. The van der Waals surface area contributed by atoms with E-state index < -0.39 is 0 Å². The molecule has 0 amide bonds. The van der Waals surface area contributed by atoms with Crippen LogP contribution in [-0.2, 0) is 0 Å². The summed E-state index contributed by atoms with van der Waals surface area (Å²) in [4.78, 5) is 4.14. The van der Waals surface area contributed by atoms with Crippen molar-refractivity contribution in [1.82, 2.24) is 4.98 Å². The molecule has 0 radical (unpaired) electrons. The van der Waals surface area contributed by atoms with E-state index in [1.165, 1.54) is 19.3 Å². The summed E-state index contributed by atoms with van der Waals surface area (Å²) >= 11 is 0. The minimum atomic E-state index is 0.470. The van der Waals surface area contributed by atoms with Crippen LogP contribution in [0, 0.1) is 11.3 Å². The summed E-state index contributed by atoms with van der Waals surface area (Å²) in [5.41, 5.74) is 1.62. The van der Waals surface area contributed by atoms with Gasteiger partial charge < -0.3 is 5.32 Å². The number of rotatable bonds is 2. The summed E-state index contributed by atoms with van der Waals surface area (Å²) in [6.45, 7) is 7.11. The third-order valence-corrected chi connectivity index (χ3v) is 3.42. The fourth-order valence-electron chi connectivity index (χ4n) is 3.14. The smallest absolute Gasteiger partial charge is 0.0528 e. The lowest BCUT2D eigenvalue weighted by molar-refractivity contribution is 0.178. The first-order valence-electron chi connectivity index (χ1n) is 6.22. The number of nitrogens with zero attached hydrogens (tertiary/aromatic N) is 1. The molecule has 2 rings (SSSR count). The van der Waals surface area contributed by atoms with Crippen LogP contribution in [0.1, 0.15) is 40.0 Å². The monoisotopic (exact) mass is 218 g/mol. The Bertz CT molecular complexity index is 332. The van der Waals surface area contributed by atoms with Crippen LogP contribution in [0.15, 0.2) is 24.5 Å². The Hall–Kier alpha value is -1.05. The van der Waals surface area contributed by atoms with Crippen LogP contribution in [0.5, 0.6) is 0 Å². The fraction of sp³-hybridized carbons (Fsp3) is 0.643. The average Bonchev–Trinajstić information content (AvgIpc) is 2.15. The first-order valence-corrected chi connectivity index (χ1v) is 6.22. The maximum absolute atomic E-state index is 4.14. The molecule has 1 N–H and O–H groups in total. The van der Waals surface area contributed by atoms with Gasteiger partial charge in [-0.1, -0.05) is 20.8 Å². The molecule has 1 fully saturated rings. The molecule has 2 heteroatoms. The molecule has 1 aromatic heterocycles. The Morgan fingerprint density at radius 2 is 2.19 bits per heavy atom. The second-order valence-electron chi connectivity index (χ2n) is 6.00. The molecule has 88 valence electrons. The summed E-state index contributed by atoms with van der Waals surface area (Å²) in [5, 5.41) is 3.60. The molecule has 0 spiro atoms. The van der Waals surface area contributed by atoms with Gasteiger partial charge in [0.2, 0.25) is 0 Å². The first-order chi connectivity index (χ1) is 7.55. The molecule has 0 saturated heterocycles. The van der Waals surface area contributed by atoms with Crippen molar-refractivity contribution in [1.29, 1.82) is 0 Å². The Morgan fingerprint density at radius 3 is 2.81 bits per heavy atom. The molecular formula is C14H22N2. The highest BCUT2D eigenvalue weighted by molar-refractivity contribution is 5.40. The van der Waals surface area contributed by atoms with Crippen LogP contribution in [0.25, 0.3) is 0 Å². The molecule has 1 aromatic rings. The van der Waals surface area contributed by atoms with Crippen molar-refractivity contribution in [3.8, 4) is 0 Å². The molecule has 16 heavy (non-hydrogen) atoms. The lowest BCUT2D eigenvalue weighted by atomic mass is 9.70. The zero-order valence-corrected chi connectivity index (χ0v) is 10.5. The van der Waals surface area contributed by atoms with E-state index in [9.17, 15) is 0 Å². The van der Waals surface area contributed by atoms with Gasteiger partial charge in [-0.15, -0.1) is 0 Å². The second kappa shape index (κ2) is 4.44. The van der Waals surface area contributed by atoms with E-state index >= 15 is 0 Å². The Balaban J connectivity index is 2.00. The highest BCUT2D eigenvalue weighted by Gasteiger charge is 2.31. The molecule has 1 aliphatic rings. The third-order valence-electron chi connectivity index (χ3n) is 3.42. The van der Waals surface area contributed by atoms with E-state index in [1.54, 1.807) is 0 Å². The van der Waals surface area contributed by atoms with E-state index in [2.05, 4.69) is 37.1 Å². The predicted molar refractivity (Wildman–Crippen MR) is 68.4 cm³/mol. The van der Waals surface area contributed by atoms with Gasteiger partial charge in [0.05, 0.1) is 5.69 Å². The second-order valence-corrected chi connectivity index (χ2v) is 6.00. The van der Waals surface area contributed by atoms with Gasteiger partial charge >= 0.3 is 0 Å². The number of hydrogen-bond donors (Lipinski definition) is 1. The van der Waals surface area contributed by atoms with Gasteiger partial charge in [-0.25, -0.2) is 0 Å². The molecular weight excluding hydrogens is 196 g/mol. The summed E-state index contributed by atoms with van der Waals surface area (Å²) < 4.78 is 0. The van der Waals surface area contributed by atoms with Crippen LogP contribution in [0.4, 0.5) is 5.69 Å². The van der Waals surface area contributed by atoms with E-state index in [-0.39, 0.29) is 0 Å². The number of anilines is 1. The maximum atomic E-state index is 4.14. The zero-order chi connectivity index (χ0) is 11.6. The predicted octanol–water partition coefficient (Wildman–Crippen LogP) is 3.71. The van der Waals surface area contributed by atoms with Crippen molar-refractivity contribution in [3.05, 3.63) is 24.5 Å². The van der Waals surface area contributed by atoms with Gasteiger partial charge in [0.1, 0.15) is 0 Å². The lowest BCUT2D eigenvalue weighted by Gasteiger charge is -2.39. The van der Waals surface area contributed by atoms with Gasteiger partial charge in [-0.05, 0) is 42.7 Å². The van der Waals surface area contributed by atoms with Gasteiger partial charge in [0, 0.05) is 18.4 Å². The maximum Gasteiger partial charge on any atom is 0.0528 e. The van der Waals surface area contributed by atoms with E-state index in [0.29, 0.717) is 11.5 Å². The minimum Gasteiger partial charge on any atom is -0.381 e. The normalized spacial score (nSPS) is 28.7. The molecule has 2 atom stereocenters. The molecule has 2 unspecified atom stereocenters. The average molecular weight is 218 g/mol. The van der Waals surface area contributed by atoms with Crippen LogP contribution in [-0.4, -0.2) is 11.0 Å². The molecule has 0 aliphatic heterocycles. The third kappa shape index (κ3) is 2.97. The van der Waals surface area contributed by atoms with Gasteiger partial charge in [0.25, 0.3) is 0 Å². The van der Waals surface area contributed by atoms with Crippen molar-refractivity contribution < 1.29 is 0 Å². The lowest BCUT2D eigenvalue weighted by Crippen LogP contribution is -2.35. The summed E-state index contributed by atoms with van der Waals surface area (Å²) in [6, 6.07) is 4.68. The fourth-order valence-corrected chi connectivity index (χ4v) is 3.14. The van der Waals surface area contributed by atoms with Crippen LogP contribution in [0.3, 0.4) is 0 Å². The molecule has 0 aromatic carbocycles. The van der Waals surface area contributed by atoms with E-state index in [4.69, 9.17) is 0 Å². The number of aromatic nitrogens is 1. The first kappa shape index (κ1) is 11.4. The van der Waals surface area contributed by atoms with Gasteiger partial charge in [-0.2, -0.15) is 0 Å². The van der Waals surface area contributed by atoms with E-state index in [1.807, 2.05) is 18.5 Å². The molecule has 0 bridgehead atoms. The number of hydrogen-bond acceptors (Lipinski definition) is 2. The quantitative estimate of drug-likeness (QED) is 0.818. The topological polar surface area (TPSA) is 24.9 Å². The SMILES string of the molecule is CC1CC(Nc2cccnc2)CC(C)(C)C1. The van der Waals surface area contributed by atoms with Crippen LogP contribution in [0.2, 0.25) is 0 Å². The van der Waals surface area contributed by atoms with E-state index in [0.717, 1.165) is 11.6 Å².